The standard InChI is InChI=1S/C26H31N7O2/c1-25(2)10-20-18(12-30-33(20)14-25)15-3-4-21(34)17(9-15)19-13-28-23(27)22(32-19)24(35)31-16-5-6-26(7-8-26)29-11-16/h3-4,9,12-13,16,29,34H,5-8,10-11,14H2,1-2H3,(H2,27,28)(H,31,35). The van der Waals surface area contributed by atoms with Gasteiger partial charge in [-0.1, -0.05) is 19.9 Å². The largest absolute Gasteiger partial charge is 0.507 e. The Hall–Kier alpha value is -3.46. The van der Waals surface area contributed by atoms with Crippen molar-refractivity contribution in [2.45, 2.75) is 64.1 Å². The molecule has 5 N–H and O–H groups in total. The van der Waals surface area contributed by atoms with Gasteiger partial charge in [-0.2, -0.15) is 5.10 Å². The number of hydrogen-bond donors (Lipinski definition) is 4. The second-order valence-corrected chi connectivity index (χ2v) is 11.1. The molecule has 0 radical (unpaired) electrons. The van der Waals surface area contributed by atoms with E-state index < -0.39 is 0 Å². The smallest absolute Gasteiger partial charge is 0.274 e. The molecule has 4 heterocycles. The van der Waals surface area contributed by atoms with Crippen LogP contribution in [0.4, 0.5) is 5.82 Å². The number of nitrogen functional groups attached to an aromatic ring is 1. The fourth-order valence-corrected chi connectivity index (χ4v) is 5.43. The summed E-state index contributed by atoms with van der Waals surface area (Å²) in [4.78, 5) is 21.8. The molecule has 6 rings (SSSR count). The minimum Gasteiger partial charge on any atom is -0.507 e. The minimum absolute atomic E-state index is 0.0315. The number of rotatable bonds is 4. The summed E-state index contributed by atoms with van der Waals surface area (Å²) in [7, 11) is 0. The van der Waals surface area contributed by atoms with Gasteiger partial charge in [0.2, 0.25) is 0 Å². The molecule has 2 aromatic heterocycles. The van der Waals surface area contributed by atoms with E-state index in [4.69, 9.17) is 5.73 Å². The number of nitrogens with two attached hydrogens (primary N) is 1. The number of fused-ring (bicyclic) bond motifs is 1. The predicted molar refractivity (Wildman–Crippen MR) is 133 cm³/mol. The van der Waals surface area contributed by atoms with Gasteiger partial charge in [0.25, 0.3) is 5.91 Å². The van der Waals surface area contributed by atoms with Crippen molar-refractivity contribution in [2.24, 2.45) is 5.41 Å². The lowest BCUT2D eigenvalue weighted by Crippen LogP contribution is -2.50. The van der Waals surface area contributed by atoms with Crippen molar-refractivity contribution >= 4 is 11.7 Å². The second-order valence-electron chi connectivity index (χ2n) is 11.1. The number of hydrogen-bond acceptors (Lipinski definition) is 7. The lowest BCUT2D eigenvalue weighted by atomic mass is 9.89. The summed E-state index contributed by atoms with van der Waals surface area (Å²) in [5, 5.41) is 21.8. The first kappa shape index (κ1) is 22.0. The SMILES string of the molecule is CC1(C)Cc2c(-c3ccc(O)c(-c4cnc(N)c(C(=O)NC5CCC6(CC6)NC5)n4)c3)cnn2C1. The molecule has 9 heteroatoms. The van der Waals surface area contributed by atoms with Crippen molar-refractivity contribution in [1.29, 1.82) is 0 Å². The summed E-state index contributed by atoms with van der Waals surface area (Å²) in [6.45, 7) is 6.09. The highest BCUT2D eigenvalue weighted by atomic mass is 16.3. The summed E-state index contributed by atoms with van der Waals surface area (Å²) in [6, 6.07) is 5.43. The molecule has 1 amide bonds. The van der Waals surface area contributed by atoms with Gasteiger partial charge in [-0.3, -0.25) is 9.48 Å². The van der Waals surface area contributed by atoms with Crippen LogP contribution in [-0.2, 0) is 13.0 Å². The van der Waals surface area contributed by atoms with Crippen molar-refractivity contribution in [3.05, 3.63) is 42.0 Å². The number of benzene rings is 1. The van der Waals surface area contributed by atoms with Gasteiger partial charge in [-0.25, -0.2) is 9.97 Å². The molecule has 1 saturated carbocycles. The van der Waals surface area contributed by atoms with Crippen molar-refractivity contribution in [1.82, 2.24) is 30.4 Å². The zero-order valence-electron chi connectivity index (χ0n) is 20.1. The van der Waals surface area contributed by atoms with E-state index in [1.807, 2.05) is 18.3 Å². The Kier molecular flexibility index (Phi) is 4.90. The molecule has 3 aliphatic rings. The Bertz CT molecular complexity index is 1320. The molecule has 1 spiro atoms. The number of aromatic nitrogens is 4. The molecule has 1 aromatic carbocycles. The molecule has 2 fully saturated rings. The van der Waals surface area contributed by atoms with E-state index in [0.29, 0.717) is 16.8 Å². The molecule has 1 atom stereocenters. The van der Waals surface area contributed by atoms with E-state index in [2.05, 4.69) is 44.2 Å². The van der Waals surface area contributed by atoms with Crippen LogP contribution in [0.25, 0.3) is 22.4 Å². The number of phenolic OH excluding ortho intramolecular Hbond substituents is 1. The Balaban J connectivity index is 1.27. The lowest BCUT2D eigenvalue weighted by molar-refractivity contribution is 0.0921. The molecular formula is C26H31N7O2. The first-order valence-corrected chi connectivity index (χ1v) is 12.3. The van der Waals surface area contributed by atoms with Crippen LogP contribution in [0.3, 0.4) is 0 Å². The van der Waals surface area contributed by atoms with E-state index in [9.17, 15) is 9.90 Å². The van der Waals surface area contributed by atoms with Crippen molar-refractivity contribution < 1.29 is 9.90 Å². The third-order valence-electron chi connectivity index (χ3n) is 7.66. The average molecular weight is 474 g/mol. The maximum atomic E-state index is 13.0. The fourth-order valence-electron chi connectivity index (χ4n) is 5.43. The van der Waals surface area contributed by atoms with Gasteiger partial charge in [-0.15, -0.1) is 0 Å². The van der Waals surface area contributed by atoms with E-state index in [-0.39, 0.29) is 34.6 Å². The molecule has 1 saturated heterocycles. The summed E-state index contributed by atoms with van der Waals surface area (Å²) in [6.07, 6.45) is 8.74. The molecule has 35 heavy (non-hydrogen) atoms. The number of aromatic hydroxyl groups is 1. The number of nitrogens with zero attached hydrogens (tertiary/aromatic N) is 4. The molecule has 182 valence electrons. The van der Waals surface area contributed by atoms with E-state index in [0.717, 1.165) is 43.5 Å². The quantitative estimate of drug-likeness (QED) is 0.458. The molecule has 2 aliphatic heterocycles. The van der Waals surface area contributed by atoms with Crippen LogP contribution in [0, 0.1) is 5.41 Å². The van der Waals surface area contributed by atoms with Crippen LogP contribution in [0.5, 0.6) is 5.75 Å². The molecule has 0 bridgehead atoms. The van der Waals surface area contributed by atoms with E-state index in [1.165, 1.54) is 24.7 Å². The highest BCUT2D eigenvalue weighted by Crippen LogP contribution is 2.42. The third kappa shape index (κ3) is 4.03. The number of nitrogens with one attached hydrogen (secondary N) is 2. The summed E-state index contributed by atoms with van der Waals surface area (Å²) >= 11 is 0. The second kappa shape index (κ2) is 7.78. The summed E-state index contributed by atoms with van der Waals surface area (Å²) in [5.41, 5.74) is 10.6. The van der Waals surface area contributed by atoms with E-state index >= 15 is 0 Å². The summed E-state index contributed by atoms with van der Waals surface area (Å²) in [5.74, 6) is -0.210. The number of amides is 1. The Morgan fingerprint density at radius 2 is 2.06 bits per heavy atom. The van der Waals surface area contributed by atoms with Crippen molar-refractivity contribution in [2.75, 3.05) is 12.3 Å². The van der Waals surface area contributed by atoms with Gasteiger partial charge < -0.3 is 21.5 Å². The summed E-state index contributed by atoms with van der Waals surface area (Å²) < 4.78 is 2.05. The maximum Gasteiger partial charge on any atom is 0.274 e. The van der Waals surface area contributed by atoms with Gasteiger partial charge >= 0.3 is 0 Å². The molecule has 9 nitrogen and oxygen atoms in total. The number of carbonyl (C=O) groups excluding carboxylic acids is 1. The van der Waals surface area contributed by atoms with Crippen LogP contribution >= 0.6 is 0 Å². The van der Waals surface area contributed by atoms with Gasteiger partial charge in [0.15, 0.2) is 11.5 Å². The van der Waals surface area contributed by atoms with Gasteiger partial charge in [-0.05, 0) is 55.2 Å². The van der Waals surface area contributed by atoms with Gasteiger partial charge in [0, 0.05) is 41.5 Å². The fraction of sp³-hybridized carbons (Fsp3) is 0.462. The highest BCUT2D eigenvalue weighted by Gasteiger charge is 2.45. The number of carbonyl (C=O) groups is 1. The van der Waals surface area contributed by atoms with Crippen LogP contribution in [0.2, 0.25) is 0 Å². The molecule has 1 unspecified atom stereocenters. The van der Waals surface area contributed by atoms with Crippen LogP contribution < -0.4 is 16.4 Å². The molecular weight excluding hydrogens is 442 g/mol. The van der Waals surface area contributed by atoms with Crippen LogP contribution in [0.1, 0.15) is 55.7 Å². The first-order valence-electron chi connectivity index (χ1n) is 12.3. The topological polar surface area (TPSA) is 131 Å². The number of anilines is 1. The Labute approximate surface area is 204 Å². The van der Waals surface area contributed by atoms with Crippen LogP contribution in [-0.4, -0.2) is 48.9 Å². The average Bonchev–Trinajstić information content (AvgIpc) is 3.37. The normalized spacial score (nSPS) is 21.6. The van der Waals surface area contributed by atoms with Crippen molar-refractivity contribution in [3.63, 3.8) is 0 Å². The monoisotopic (exact) mass is 473 g/mol. The van der Waals surface area contributed by atoms with Gasteiger partial charge in [0.1, 0.15) is 5.75 Å². The zero-order chi connectivity index (χ0) is 24.4. The number of piperidine rings is 1. The maximum absolute atomic E-state index is 13.0. The first-order chi connectivity index (χ1) is 16.7. The molecule has 3 aromatic rings. The highest BCUT2D eigenvalue weighted by molar-refractivity contribution is 5.97. The Morgan fingerprint density at radius 3 is 2.80 bits per heavy atom. The Morgan fingerprint density at radius 1 is 1.23 bits per heavy atom. The lowest BCUT2D eigenvalue weighted by Gasteiger charge is -2.30. The van der Waals surface area contributed by atoms with E-state index in [1.54, 1.807) is 6.07 Å². The minimum atomic E-state index is -0.345. The zero-order valence-corrected chi connectivity index (χ0v) is 20.1. The van der Waals surface area contributed by atoms with Gasteiger partial charge in [0.05, 0.1) is 18.1 Å². The third-order valence-corrected chi connectivity index (χ3v) is 7.66. The predicted octanol–water partition coefficient (Wildman–Crippen LogP) is 2.89. The van der Waals surface area contributed by atoms with Crippen molar-refractivity contribution in [3.8, 4) is 28.1 Å². The molecule has 1 aliphatic carbocycles. The number of phenols is 1. The van der Waals surface area contributed by atoms with Crippen LogP contribution in [0.15, 0.2) is 30.6 Å².